The van der Waals surface area contributed by atoms with Gasteiger partial charge >= 0.3 is 0 Å². The Hall–Kier alpha value is -2.66. The molecular formula is C20H19NO3S. The maximum absolute atomic E-state index is 12.7. The highest BCUT2D eigenvalue weighted by molar-refractivity contribution is 7.89. The lowest BCUT2D eigenvalue weighted by Gasteiger charge is -2.18. The van der Waals surface area contributed by atoms with Crippen LogP contribution >= 0.6 is 0 Å². The zero-order chi connectivity index (χ0) is 18.0. The highest BCUT2D eigenvalue weighted by Crippen LogP contribution is 2.22. The molecule has 0 saturated carbocycles. The average molecular weight is 353 g/mol. The number of nitrogens with zero attached hydrogens (tertiary/aromatic N) is 1. The van der Waals surface area contributed by atoms with Crippen molar-refractivity contribution in [2.24, 2.45) is 0 Å². The van der Waals surface area contributed by atoms with Gasteiger partial charge in [-0.3, -0.25) is 4.79 Å². The van der Waals surface area contributed by atoms with Crippen molar-refractivity contribution in [3.05, 3.63) is 77.9 Å². The van der Waals surface area contributed by atoms with Crippen LogP contribution in [-0.4, -0.2) is 27.6 Å². The summed E-state index contributed by atoms with van der Waals surface area (Å²) in [6.07, 6.45) is 1.19. The number of fused-ring (bicyclic) bond motifs is 1. The van der Waals surface area contributed by atoms with Gasteiger partial charge in [0.2, 0.25) is 0 Å². The molecule has 0 radical (unpaired) electrons. The van der Waals surface area contributed by atoms with Gasteiger partial charge in [-0.05, 0) is 40.6 Å². The van der Waals surface area contributed by atoms with Gasteiger partial charge in [0.05, 0.1) is 5.75 Å². The molecule has 1 amide bonds. The second-order valence-electron chi connectivity index (χ2n) is 6.16. The summed E-state index contributed by atoms with van der Waals surface area (Å²) in [5.74, 6) is -0.164. The quantitative estimate of drug-likeness (QED) is 0.719. The molecule has 0 heterocycles. The van der Waals surface area contributed by atoms with Crippen LogP contribution in [0.2, 0.25) is 0 Å². The standard InChI is InChI=1S/C20H19NO3S/c1-21(19-12-11-16-5-3-4-6-18(16)13-19)20(22)17-9-7-15(8-10-17)14-25(2,23)24/h3-13H,14H2,1-2H3. The van der Waals surface area contributed by atoms with Crippen molar-refractivity contribution in [1.82, 2.24) is 0 Å². The monoisotopic (exact) mass is 353 g/mol. The number of hydrogen-bond donors (Lipinski definition) is 0. The van der Waals surface area contributed by atoms with Crippen LogP contribution in [0.25, 0.3) is 10.8 Å². The van der Waals surface area contributed by atoms with E-state index in [-0.39, 0.29) is 11.7 Å². The van der Waals surface area contributed by atoms with Crippen molar-refractivity contribution in [3.63, 3.8) is 0 Å². The fraction of sp³-hybridized carbons (Fsp3) is 0.150. The zero-order valence-corrected chi connectivity index (χ0v) is 15.0. The Kier molecular flexibility index (Phi) is 4.59. The third-order valence-electron chi connectivity index (χ3n) is 4.05. The lowest BCUT2D eigenvalue weighted by molar-refractivity contribution is 0.0993. The molecule has 5 heteroatoms. The summed E-state index contributed by atoms with van der Waals surface area (Å²) in [6.45, 7) is 0. The average Bonchev–Trinajstić information content (AvgIpc) is 2.59. The Bertz CT molecular complexity index is 1020. The Balaban J connectivity index is 1.83. The number of anilines is 1. The summed E-state index contributed by atoms with van der Waals surface area (Å²) < 4.78 is 22.7. The van der Waals surface area contributed by atoms with Gasteiger partial charge in [-0.2, -0.15) is 0 Å². The van der Waals surface area contributed by atoms with E-state index in [1.165, 1.54) is 6.26 Å². The van der Waals surface area contributed by atoms with E-state index in [2.05, 4.69) is 0 Å². The first-order chi connectivity index (χ1) is 11.8. The molecule has 3 rings (SSSR count). The zero-order valence-electron chi connectivity index (χ0n) is 14.1. The highest BCUT2D eigenvalue weighted by Gasteiger charge is 2.14. The molecule has 0 atom stereocenters. The van der Waals surface area contributed by atoms with E-state index < -0.39 is 9.84 Å². The number of hydrogen-bond acceptors (Lipinski definition) is 3. The minimum Gasteiger partial charge on any atom is -0.311 e. The van der Waals surface area contributed by atoms with Crippen molar-refractivity contribution in [2.45, 2.75) is 5.75 Å². The third-order valence-corrected chi connectivity index (χ3v) is 4.91. The summed E-state index contributed by atoms with van der Waals surface area (Å²) in [7, 11) is -1.35. The van der Waals surface area contributed by atoms with Gasteiger partial charge in [0.25, 0.3) is 5.91 Å². The molecule has 3 aromatic rings. The van der Waals surface area contributed by atoms with Crippen molar-refractivity contribution in [2.75, 3.05) is 18.2 Å². The van der Waals surface area contributed by atoms with Gasteiger partial charge in [0.1, 0.15) is 0 Å². The van der Waals surface area contributed by atoms with Crippen LogP contribution < -0.4 is 4.90 Å². The van der Waals surface area contributed by atoms with Crippen LogP contribution in [0.5, 0.6) is 0 Å². The second-order valence-corrected chi connectivity index (χ2v) is 8.30. The Morgan fingerprint density at radius 1 is 0.920 bits per heavy atom. The van der Waals surface area contributed by atoms with E-state index in [9.17, 15) is 13.2 Å². The molecule has 3 aromatic carbocycles. The molecule has 0 saturated heterocycles. The Morgan fingerprint density at radius 3 is 2.20 bits per heavy atom. The molecule has 0 fully saturated rings. The van der Waals surface area contributed by atoms with Crippen molar-refractivity contribution in [3.8, 4) is 0 Å². The van der Waals surface area contributed by atoms with Crippen LogP contribution in [0, 0.1) is 0 Å². The predicted molar refractivity (Wildman–Crippen MR) is 102 cm³/mol. The minimum absolute atomic E-state index is 0.0258. The molecule has 25 heavy (non-hydrogen) atoms. The van der Waals surface area contributed by atoms with E-state index in [1.54, 1.807) is 36.2 Å². The Labute approximate surface area is 147 Å². The van der Waals surface area contributed by atoms with Gasteiger partial charge in [-0.25, -0.2) is 8.42 Å². The molecule has 0 aliphatic heterocycles. The lowest BCUT2D eigenvalue weighted by Crippen LogP contribution is -2.26. The van der Waals surface area contributed by atoms with Crippen LogP contribution in [0.1, 0.15) is 15.9 Å². The maximum Gasteiger partial charge on any atom is 0.258 e. The normalized spacial score (nSPS) is 11.4. The molecule has 0 aliphatic carbocycles. The molecule has 0 aliphatic rings. The topological polar surface area (TPSA) is 54.5 Å². The second kappa shape index (κ2) is 6.69. The van der Waals surface area contributed by atoms with E-state index in [1.807, 2.05) is 42.5 Å². The maximum atomic E-state index is 12.7. The predicted octanol–water partition coefficient (Wildman–Crippen LogP) is 3.66. The van der Waals surface area contributed by atoms with Gasteiger partial charge in [0.15, 0.2) is 9.84 Å². The molecule has 0 aromatic heterocycles. The van der Waals surface area contributed by atoms with Crippen LogP contribution in [-0.2, 0) is 15.6 Å². The van der Waals surface area contributed by atoms with Crippen molar-refractivity contribution in [1.29, 1.82) is 0 Å². The first-order valence-electron chi connectivity index (χ1n) is 7.87. The first kappa shape index (κ1) is 17.2. The molecule has 4 nitrogen and oxygen atoms in total. The first-order valence-corrected chi connectivity index (χ1v) is 9.93. The van der Waals surface area contributed by atoms with Gasteiger partial charge < -0.3 is 4.90 Å². The van der Waals surface area contributed by atoms with Gasteiger partial charge in [0, 0.05) is 24.6 Å². The lowest BCUT2D eigenvalue weighted by atomic mass is 10.1. The molecule has 0 N–H and O–H groups in total. The molecule has 128 valence electrons. The number of carbonyl (C=O) groups is 1. The SMILES string of the molecule is CN(C(=O)c1ccc(CS(C)(=O)=O)cc1)c1ccc2ccccc2c1. The minimum atomic E-state index is -3.09. The number of benzene rings is 3. The van der Waals surface area contributed by atoms with E-state index >= 15 is 0 Å². The highest BCUT2D eigenvalue weighted by atomic mass is 32.2. The van der Waals surface area contributed by atoms with Gasteiger partial charge in [-0.15, -0.1) is 0 Å². The van der Waals surface area contributed by atoms with Crippen molar-refractivity contribution >= 4 is 32.2 Å². The van der Waals surface area contributed by atoms with E-state index in [0.717, 1.165) is 16.5 Å². The summed E-state index contributed by atoms with van der Waals surface area (Å²) in [5.41, 5.74) is 2.00. The number of sulfone groups is 1. The van der Waals surface area contributed by atoms with E-state index in [4.69, 9.17) is 0 Å². The van der Waals surface area contributed by atoms with Crippen molar-refractivity contribution < 1.29 is 13.2 Å². The van der Waals surface area contributed by atoms with Crippen LogP contribution in [0.3, 0.4) is 0 Å². The smallest absolute Gasteiger partial charge is 0.258 e. The summed E-state index contributed by atoms with van der Waals surface area (Å²) in [4.78, 5) is 14.3. The number of amides is 1. The summed E-state index contributed by atoms with van der Waals surface area (Å²) in [6, 6.07) is 20.6. The molecule has 0 spiro atoms. The third kappa shape index (κ3) is 4.06. The van der Waals surface area contributed by atoms with Crippen LogP contribution in [0.4, 0.5) is 5.69 Å². The number of carbonyl (C=O) groups excluding carboxylic acids is 1. The molecule has 0 bridgehead atoms. The summed E-state index contributed by atoms with van der Waals surface area (Å²) >= 11 is 0. The van der Waals surface area contributed by atoms with E-state index in [0.29, 0.717) is 11.1 Å². The molecular weight excluding hydrogens is 334 g/mol. The fourth-order valence-corrected chi connectivity index (χ4v) is 3.54. The van der Waals surface area contributed by atoms with Gasteiger partial charge in [-0.1, -0.05) is 42.5 Å². The summed E-state index contributed by atoms with van der Waals surface area (Å²) in [5, 5.41) is 2.19. The Morgan fingerprint density at radius 2 is 1.56 bits per heavy atom. The number of rotatable bonds is 4. The largest absolute Gasteiger partial charge is 0.311 e. The molecule has 0 unspecified atom stereocenters. The fourth-order valence-electron chi connectivity index (χ4n) is 2.74. The van der Waals surface area contributed by atoms with Crippen LogP contribution in [0.15, 0.2) is 66.7 Å².